The van der Waals surface area contributed by atoms with Crippen LogP contribution in [0.2, 0.25) is 5.02 Å². The maximum atomic E-state index is 11.9. The van der Waals surface area contributed by atoms with Crippen molar-refractivity contribution < 1.29 is 9.53 Å². The largest absolute Gasteiger partial charge is 0.481 e. The van der Waals surface area contributed by atoms with Gasteiger partial charge in [-0.1, -0.05) is 11.6 Å². The second-order valence-corrected chi connectivity index (χ2v) is 5.38. The molecule has 1 aliphatic heterocycles. The topological polar surface area (TPSA) is 50.4 Å². The molecule has 2 rings (SSSR count). The summed E-state index contributed by atoms with van der Waals surface area (Å²) in [5.41, 5.74) is 0.926. The number of carbonyl (C=O) groups is 1. The molecule has 104 valence electrons. The molecular formula is C14H19ClN2O2. The molecule has 1 aliphatic rings. The average Bonchev–Trinajstić information content (AvgIpc) is 2.30. The molecule has 1 unspecified atom stereocenters. The summed E-state index contributed by atoms with van der Waals surface area (Å²) < 4.78 is 5.66. The maximum Gasteiger partial charge on any atom is 0.260 e. The van der Waals surface area contributed by atoms with Gasteiger partial charge >= 0.3 is 0 Å². The fourth-order valence-corrected chi connectivity index (χ4v) is 2.10. The second kappa shape index (κ2) is 6.26. The van der Waals surface area contributed by atoms with Gasteiger partial charge in [0.05, 0.1) is 0 Å². The zero-order chi connectivity index (χ0) is 13.8. The summed E-state index contributed by atoms with van der Waals surface area (Å²) in [6, 6.07) is 5.37. The van der Waals surface area contributed by atoms with Crippen molar-refractivity contribution in [3.63, 3.8) is 0 Å². The normalized spacial score (nSPS) is 16.6. The van der Waals surface area contributed by atoms with Crippen LogP contribution >= 0.6 is 11.6 Å². The lowest BCUT2D eigenvalue weighted by molar-refractivity contribution is -0.127. The molecule has 0 radical (unpaired) electrons. The molecule has 19 heavy (non-hydrogen) atoms. The lowest BCUT2D eigenvalue weighted by atomic mass is 10.0. The van der Waals surface area contributed by atoms with Crippen molar-refractivity contribution in [1.82, 2.24) is 10.6 Å². The van der Waals surface area contributed by atoms with Gasteiger partial charge in [-0.05, 0) is 37.6 Å². The molecule has 4 nitrogen and oxygen atoms in total. The SMILES string of the molecule is Cc1cc(Cl)ccc1OC(C)C(=O)NCC1CNC1. The third-order valence-electron chi connectivity index (χ3n) is 3.24. The molecule has 1 heterocycles. The molecule has 0 spiro atoms. The predicted molar refractivity (Wildman–Crippen MR) is 75.6 cm³/mol. The van der Waals surface area contributed by atoms with Gasteiger partial charge in [-0.15, -0.1) is 0 Å². The number of hydrogen-bond acceptors (Lipinski definition) is 3. The van der Waals surface area contributed by atoms with Crippen LogP contribution in [-0.4, -0.2) is 31.6 Å². The van der Waals surface area contributed by atoms with Crippen LogP contribution in [0.25, 0.3) is 0 Å². The Morgan fingerprint density at radius 3 is 2.89 bits per heavy atom. The molecule has 1 amide bonds. The quantitative estimate of drug-likeness (QED) is 0.865. The monoisotopic (exact) mass is 282 g/mol. The van der Waals surface area contributed by atoms with Crippen LogP contribution in [0.1, 0.15) is 12.5 Å². The summed E-state index contributed by atoms with van der Waals surface area (Å²) in [4.78, 5) is 11.9. The van der Waals surface area contributed by atoms with E-state index < -0.39 is 6.10 Å². The van der Waals surface area contributed by atoms with Crippen molar-refractivity contribution in [2.24, 2.45) is 5.92 Å². The molecule has 1 aromatic rings. The van der Waals surface area contributed by atoms with E-state index in [0.29, 0.717) is 23.2 Å². The van der Waals surface area contributed by atoms with Crippen molar-refractivity contribution in [3.05, 3.63) is 28.8 Å². The summed E-state index contributed by atoms with van der Waals surface area (Å²) in [6.07, 6.45) is -0.507. The summed E-state index contributed by atoms with van der Waals surface area (Å²) in [6.45, 7) is 6.32. The number of hydrogen-bond donors (Lipinski definition) is 2. The van der Waals surface area contributed by atoms with E-state index in [0.717, 1.165) is 18.7 Å². The van der Waals surface area contributed by atoms with E-state index in [9.17, 15) is 4.79 Å². The van der Waals surface area contributed by atoms with Crippen molar-refractivity contribution >= 4 is 17.5 Å². The smallest absolute Gasteiger partial charge is 0.260 e. The number of halogens is 1. The van der Waals surface area contributed by atoms with Gasteiger partial charge in [-0.25, -0.2) is 0 Å². The Hall–Kier alpha value is -1.26. The van der Waals surface area contributed by atoms with Crippen molar-refractivity contribution in [2.75, 3.05) is 19.6 Å². The molecule has 0 aromatic heterocycles. The van der Waals surface area contributed by atoms with Gasteiger partial charge in [0.15, 0.2) is 6.10 Å². The molecule has 1 atom stereocenters. The molecule has 1 saturated heterocycles. The van der Waals surface area contributed by atoms with Crippen LogP contribution in [0, 0.1) is 12.8 Å². The zero-order valence-electron chi connectivity index (χ0n) is 11.2. The van der Waals surface area contributed by atoms with Gasteiger partial charge in [0.25, 0.3) is 5.91 Å². The first-order chi connectivity index (χ1) is 9.06. The highest BCUT2D eigenvalue weighted by atomic mass is 35.5. The number of aryl methyl sites for hydroxylation is 1. The van der Waals surface area contributed by atoms with Crippen LogP contribution < -0.4 is 15.4 Å². The maximum absolute atomic E-state index is 11.9. The van der Waals surface area contributed by atoms with E-state index in [1.165, 1.54) is 0 Å². The third-order valence-corrected chi connectivity index (χ3v) is 3.48. The molecule has 1 aromatic carbocycles. The van der Waals surface area contributed by atoms with Crippen LogP contribution in [-0.2, 0) is 4.79 Å². The van der Waals surface area contributed by atoms with Gasteiger partial charge < -0.3 is 15.4 Å². The number of amides is 1. The van der Waals surface area contributed by atoms with Gasteiger partial charge in [0.1, 0.15) is 5.75 Å². The molecule has 0 aliphatic carbocycles. The standard InChI is InChI=1S/C14H19ClN2O2/c1-9-5-12(15)3-4-13(9)19-10(2)14(18)17-8-11-6-16-7-11/h3-5,10-11,16H,6-8H2,1-2H3,(H,17,18). The average molecular weight is 283 g/mol. The minimum Gasteiger partial charge on any atom is -0.481 e. The van der Waals surface area contributed by atoms with E-state index in [2.05, 4.69) is 10.6 Å². The Bertz CT molecular complexity index is 461. The summed E-state index contributed by atoms with van der Waals surface area (Å²) in [7, 11) is 0. The lowest BCUT2D eigenvalue weighted by Gasteiger charge is -2.27. The molecule has 1 fully saturated rings. The van der Waals surface area contributed by atoms with Gasteiger partial charge in [0, 0.05) is 30.6 Å². The number of rotatable bonds is 5. The number of carbonyl (C=O) groups excluding carboxylic acids is 1. The zero-order valence-corrected chi connectivity index (χ0v) is 12.0. The molecule has 0 bridgehead atoms. The van der Waals surface area contributed by atoms with Crippen molar-refractivity contribution in [1.29, 1.82) is 0 Å². The Balaban J connectivity index is 1.84. The third kappa shape index (κ3) is 3.85. The summed E-state index contributed by atoms with van der Waals surface area (Å²) in [5, 5.41) is 6.74. The van der Waals surface area contributed by atoms with E-state index in [-0.39, 0.29) is 5.91 Å². The van der Waals surface area contributed by atoms with E-state index in [4.69, 9.17) is 16.3 Å². The van der Waals surface area contributed by atoms with Gasteiger partial charge in [-0.2, -0.15) is 0 Å². The Kier molecular flexibility index (Phi) is 4.66. The number of benzene rings is 1. The first kappa shape index (κ1) is 14.2. The number of ether oxygens (including phenoxy) is 1. The summed E-state index contributed by atoms with van der Waals surface area (Å²) in [5.74, 6) is 1.16. The molecular weight excluding hydrogens is 264 g/mol. The highest BCUT2D eigenvalue weighted by Gasteiger charge is 2.20. The predicted octanol–water partition coefficient (Wildman–Crippen LogP) is 1.75. The lowest BCUT2D eigenvalue weighted by Crippen LogP contribution is -2.49. The molecule has 2 N–H and O–H groups in total. The van der Waals surface area contributed by atoms with Gasteiger partial charge in [0.2, 0.25) is 0 Å². The Labute approximate surface area is 118 Å². The number of nitrogens with one attached hydrogen (secondary N) is 2. The first-order valence-electron chi connectivity index (χ1n) is 6.47. The van der Waals surface area contributed by atoms with E-state index in [1.807, 2.05) is 13.0 Å². The summed E-state index contributed by atoms with van der Waals surface area (Å²) >= 11 is 5.88. The van der Waals surface area contributed by atoms with Gasteiger partial charge in [-0.3, -0.25) is 4.79 Å². The minimum absolute atomic E-state index is 0.0822. The Morgan fingerprint density at radius 2 is 2.32 bits per heavy atom. The highest BCUT2D eigenvalue weighted by Crippen LogP contribution is 2.22. The van der Waals surface area contributed by atoms with Crippen LogP contribution in [0.15, 0.2) is 18.2 Å². The van der Waals surface area contributed by atoms with E-state index >= 15 is 0 Å². The fourth-order valence-electron chi connectivity index (χ4n) is 1.87. The second-order valence-electron chi connectivity index (χ2n) is 4.94. The van der Waals surface area contributed by atoms with Crippen LogP contribution in [0.5, 0.6) is 5.75 Å². The van der Waals surface area contributed by atoms with Crippen molar-refractivity contribution in [2.45, 2.75) is 20.0 Å². The fraction of sp³-hybridized carbons (Fsp3) is 0.500. The Morgan fingerprint density at radius 1 is 1.58 bits per heavy atom. The highest BCUT2D eigenvalue weighted by molar-refractivity contribution is 6.30. The van der Waals surface area contributed by atoms with Crippen LogP contribution in [0.3, 0.4) is 0 Å². The van der Waals surface area contributed by atoms with Crippen LogP contribution in [0.4, 0.5) is 0 Å². The first-order valence-corrected chi connectivity index (χ1v) is 6.85. The molecule has 5 heteroatoms. The van der Waals surface area contributed by atoms with Crippen molar-refractivity contribution in [3.8, 4) is 5.75 Å². The minimum atomic E-state index is -0.507. The molecule has 0 saturated carbocycles. The van der Waals surface area contributed by atoms with E-state index in [1.54, 1.807) is 19.1 Å².